The molecule has 0 radical (unpaired) electrons. The summed E-state index contributed by atoms with van der Waals surface area (Å²) in [5, 5.41) is 2.52. The average Bonchev–Trinajstić information content (AvgIpc) is 2.77. The molecule has 6 heteroatoms. The van der Waals surface area contributed by atoms with Crippen molar-refractivity contribution in [2.24, 2.45) is 0 Å². The van der Waals surface area contributed by atoms with Gasteiger partial charge in [-0.2, -0.15) is 0 Å². The standard InChI is InChI=1S/C24H20N2O3S/c1-2-20(30-15-12-10-14(25)11-13-15)24(29)26-19-9-5-8-18-21(19)23(28)17-7-4-3-6-16(17)22(18)27/h3-13,20H,2,25H2,1H3,(H,26,29). The van der Waals surface area contributed by atoms with Crippen molar-refractivity contribution in [3.63, 3.8) is 0 Å². The van der Waals surface area contributed by atoms with E-state index in [1.54, 1.807) is 54.6 Å². The molecule has 0 saturated carbocycles. The minimum atomic E-state index is -0.355. The molecule has 1 aliphatic carbocycles. The number of anilines is 2. The van der Waals surface area contributed by atoms with E-state index < -0.39 is 0 Å². The van der Waals surface area contributed by atoms with Crippen LogP contribution >= 0.6 is 11.8 Å². The van der Waals surface area contributed by atoms with Crippen molar-refractivity contribution in [3.05, 3.63) is 89.0 Å². The van der Waals surface area contributed by atoms with E-state index in [9.17, 15) is 14.4 Å². The molecule has 0 saturated heterocycles. The zero-order valence-electron chi connectivity index (χ0n) is 16.3. The van der Waals surface area contributed by atoms with Crippen LogP contribution in [-0.4, -0.2) is 22.7 Å². The van der Waals surface area contributed by atoms with Crippen molar-refractivity contribution in [2.45, 2.75) is 23.5 Å². The molecule has 150 valence electrons. The lowest BCUT2D eigenvalue weighted by molar-refractivity contribution is -0.115. The summed E-state index contributed by atoms with van der Waals surface area (Å²) in [6.07, 6.45) is 0.603. The van der Waals surface area contributed by atoms with Gasteiger partial charge in [0.2, 0.25) is 5.91 Å². The van der Waals surface area contributed by atoms with E-state index in [2.05, 4.69) is 5.32 Å². The predicted molar refractivity (Wildman–Crippen MR) is 119 cm³/mol. The Bertz CT molecular complexity index is 1160. The van der Waals surface area contributed by atoms with Crippen molar-refractivity contribution in [1.29, 1.82) is 0 Å². The van der Waals surface area contributed by atoms with Crippen LogP contribution in [0.4, 0.5) is 11.4 Å². The van der Waals surface area contributed by atoms with Gasteiger partial charge in [-0.1, -0.05) is 43.3 Å². The number of nitrogens with two attached hydrogens (primary N) is 1. The fraction of sp³-hybridized carbons (Fsp3) is 0.125. The minimum Gasteiger partial charge on any atom is -0.399 e. The quantitative estimate of drug-likeness (QED) is 0.368. The Morgan fingerprint density at radius 2 is 1.53 bits per heavy atom. The van der Waals surface area contributed by atoms with Crippen LogP contribution < -0.4 is 11.1 Å². The van der Waals surface area contributed by atoms with Crippen molar-refractivity contribution in [2.75, 3.05) is 11.1 Å². The molecule has 0 spiro atoms. The third kappa shape index (κ3) is 3.62. The molecule has 4 rings (SSSR count). The molecular weight excluding hydrogens is 396 g/mol. The zero-order chi connectivity index (χ0) is 21.3. The first-order valence-corrected chi connectivity index (χ1v) is 10.5. The fourth-order valence-corrected chi connectivity index (χ4v) is 4.45. The first kappa shape index (κ1) is 19.9. The molecule has 3 aromatic rings. The van der Waals surface area contributed by atoms with E-state index in [1.807, 2.05) is 19.1 Å². The summed E-state index contributed by atoms with van der Waals surface area (Å²) < 4.78 is 0. The zero-order valence-corrected chi connectivity index (χ0v) is 17.2. The van der Waals surface area contributed by atoms with Gasteiger partial charge in [0, 0.05) is 27.3 Å². The Labute approximate surface area is 178 Å². The number of fused-ring (bicyclic) bond motifs is 2. The largest absolute Gasteiger partial charge is 0.399 e. The van der Waals surface area contributed by atoms with Crippen LogP contribution in [0.15, 0.2) is 71.6 Å². The molecule has 0 bridgehead atoms. The second kappa shape index (κ2) is 8.16. The maximum absolute atomic E-state index is 13.1. The Balaban J connectivity index is 1.62. The number of hydrogen-bond acceptors (Lipinski definition) is 5. The number of benzene rings is 3. The van der Waals surface area contributed by atoms with Crippen LogP contribution in [0.2, 0.25) is 0 Å². The maximum atomic E-state index is 13.1. The van der Waals surface area contributed by atoms with Crippen molar-refractivity contribution in [3.8, 4) is 0 Å². The first-order valence-electron chi connectivity index (χ1n) is 9.64. The molecule has 0 aliphatic heterocycles. The van der Waals surface area contributed by atoms with Crippen LogP contribution in [0.25, 0.3) is 0 Å². The topological polar surface area (TPSA) is 89.3 Å². The highest BCUT2D eigenvalue weighted by atomic mass is 32.2. The minimum absolute atomic E-state index is 0.209. The third-order valence-corrected chi connectivity index (χ3v) is 6.41. The number of carbonyl (C=O) groups is 3. The molecule has 0 fully saturated rings. The van der Waals surface area contributed by atoms with E-state index in [1.165, 1.54) is 11.8 Å². The average molecular weight is 417 g/mol. The van der Waals surface area contributed by atoms with Gasteiger partial charge in [-0.05, 0) is 36.8 Å². The summed E-state index contributed by atoms with van der Waals surface area (Å²) in [6.45, 7) is 1.93. The van der Waals surface area contributed by atoms with Gasteiger partial charge in [-0.3, -0.25) is 14.4 Å². The molecule has 1 aliphatic rings. The summed E-state index contributed by atoms with van der Waals surface area (Å²) in [5.74, 6) is -0.679. The lowest BCUT2D eigenvalue weighted by Crippen LogP contribution is -2.28. The monoisotopic (exact) mass is 416 g/mol. The molecular formula is C24H20N2O3S. The second-order valence-electron chi connectivity index (χ2n) is 7.00. The Kier molecular flexibility index (Phi) is 5.42. The number of rotatable bonds is 5. The molecule has 3 N–H and O–H groups in total. The number of hydrogen-bond donors (Lipinski definition) is 2. The van der Waals surface area contributed by atoms with E-state index >= 15 is 0 Å². The van der Waals surface area contributed by atoms with Gasteiger partial charge in [0.1, 0.15) is 0 Å². The Morgan fingerprint density at radius 1 is 0.900 bits per heavy atom. The first-order chi connectivity index (χ1) is 14.5. The number of amides is 1. The predicted octanol–water partition coefficient (Wildman–Crippen LogP) is 4.55. The number of nitrogens with one attached hydrogen (secondary N) is 1. The molecule has 30 heavy (non-hydrogen) atoms. The summed E-state index contributed by atoms with van der Waals surface area (Å²) >= 11 is 1.43. The van der Waals surface area contributed by atoms with Crippen LogP contribution in [0, 0.1) is 0 Å². The number of ketones is 2. The van der Waals surface area contributed by atoms with Gasteiger partial charge in [-0.15, -0.1) is 11.8 Å². The lowest BCUT2D eigenvalue weighted by Gasteiger charge is -2.21. The highest BCUT2D eigenvalue weighted by Gasteiger charge is 2.32. The summed E-state index contributed by atoms with van der Waals surface area (Å²) in [5.41, 5.74) is 8.07. The van der Waals surface area contributed by atoms with Crippen LogP contribution in [0.1, 0.15) is 45.2 Å². The van der Waals surface area contributed by atoms with Crippen LogP contribution in [0.5, 0.6) is 0 Å². The van der Waals surface area contributed by atoms with Crippen LogP contribution in [0.3, 0.4) is 0 Å². The molecule has 5 nitrogen and oxygen atoms in total. The summed E-state index contributed by atoms with van der Waals surface area (Å²) in [6, 6.07) is 19.1. The molecule has 0 heterocycles. The van der Waals surface area contributed by atoms with Crippen molar-refractivity contribution >= 4 is 40.6 Å². The maximum Gasteiger partial charge on any atom is 0.237 e. The Hall–Kier alpha value is -3.38. The third-order valence-electron chi connectivity index (χ3n) is 5.03. The van der Waals surface area contributed by atoms with Gasteiger partial charge in [0.05, 0.1) is 16.5 Å². The number of thioether (sulfide) groups is 1. The van der Waals surface area contributed by atoms with Gasteiger partial charge >= 0.3 is 0 Å². The fourth-order valence-electron chi connectivity index (χ4n) is 3.50. The van der Waals surface area contributed by atoms with Crippen molar-refractivity contribution in [1.82, 2.24) is 0 Å². The van der Waals surface area contributed by atoms with E-state index in [4.69, 9.17) is 5.73 Å². The SMILES string of the molecule is CCC(Sc1ccc(N)cc1)C(=O)Nc1cccc2c1C(=O)c1ccccc1C2=O. The number of nitrogen functional groups attached to an aromatic ring is 1. The van der Waals surface area contributed by atoms with E-state index in [0.717, 1.165) is 4.90 Å². The second-order valence-corrected chi connectivity index (χ2v) is 8.28. The van der Waals surface area contributed by atoms with Gasteiger partial charge in [0.15, 0.2) is 11.6 Å². The molecule has 3 aromatic carbocycles. The van der Waals surface area contributed by atoms with Gasteiger partial charge in [0.25, 0.3) is 0 Å². The highest BCUT2D eigenvalue weighted by Crippen LogP contribution is 2.33. The van der Waals surface area contributed by atoms with Crippen molar-refractivity contribution < 1.29 is 14.4 Å². The lowest BCUT2D eigenvalue weighted by atomic mass is 9.83. The van der Waals surface area contributed by atoms with Gasteiger partial charge in [-0.25, -0.2) is 0 Å². The number of carbonyl (C=O) groups excluding carboxylic acids is 3. The Morgan fingerprint density at radius 3 is 2.20 bits per heavy atom. The van der Waals surface area contributed by atoms with Crippen LogP contribution in [-0.2, 0) is 4.79 Å². The highest BCUT2D eigenvalue weighted by molar-refractivity contribution is 8.00. The van der Waals surface area contributed by atoms with E-state index in [0.29, 0.717) is 34.5 Å². The summed E-state index contributed by atoms with van der Waals surface area (Å²) in [7, 11) is 0. The normalized spacial score (nSPS) is 13.4. The smallest absolute Gasteiger partial charge is 0.237 e. The van der Waals surface area contributed by atoms with E-state index in [-0.39, 0.29) is 28.3 Å². The molecule has 1 amide bonds. The molecule has 1 unspecified atom stereocenters. The molecule has 1 atom stereocenters. The molecule has 0 aromatic heterocycles. The van der Waals surface area contributed by atoms with Gasteiger partial charge < -0.3 is 11.1 Å². The summed E-state index contributed by atoms with van der Waals surface area (Å²) in [4.78, 5) is 39.9.